The Hall–Kier alpha value is -2.10. The summed E-state index contributed by atoms with van der Waals surface area (Å²) in [4.78, 5) is 26.9. The van der Waals surface area contributed by atoms with Crippen LogP contribution in [0.2, 0.25) is 0 Å². The van der Waals surface area contributed by atoms with Crippen molar-refractivity contribution in [1.29, 1.82) is 0 Å². The third kappa shape index (κ3) is 3.10. The van der Waals surface area contributed by atoms with Crippen molar-refractivity contribution in [3.05, 3.63) is 40.1 Å². The molecule has 0 spiro atoms. The molecule has 0 heterocycles. The van der Waals surface area contributed by atoms with Gasteiger partial charge in [0.15, 0.2) is 5.78 Å². The van der Waals surface area contributed by atoms with Crippen LogP contribution in [0.4, 0.5) is 4.79 Å². The van der Waals surface area contributed by atoms with E-state index >= 15 is 0 Å². The molecule has 0 radical (unpaired) electrons. The summed E-state index contributed by atoms with van der Waals surface area (Å²) in [5, 5.41) is 0. The first kappa shape index (κ1) is 17.7. The Balaban J connectivity index is 2.16. The number of allylic oxidation sites excluding steroid dienone is 2. The number of ether oxygens (including phenoxy) is 1. The number of ketones is 1. The molecular formula is C21H27NO3. The Kier molecular flexibility index (Phi) is 4.72. The first-order chi connectivity index (χ1) is 11.8. The standard InChI is InChI=1S/C21H27NO3/c1-12-10-13(2)17(14(3)11-12)18-19(23)15-8-6-7-9-16(15)20(18)25-21(24)22(4)5/h10-11,15-16H,6-9H2,1-5H3. The van der Waals surface area contributed by atoms with E-state index in [9.17, 15) is 9.59 Å². The van der Waals surface area contributed by atoms with E-state index in [0.717, 1.165) is 42.4 Å². The van der Waals surface area contributed by atoms with Crippen LogP contribution in [0.15, 0.2) is 17.9 Å². The highest BCUT2D eigenvalue weighted by Crippen LogP contribution is 2.48. The molecule has 1 amide bonds. The Morgan fingerprint density at radius 1 is 1.04 bits per heavy atom. The van der Waals surface area contributed by atoms with E-state index in [0.29, 0.717) is 11.3 Å². The highest BCUT2D eigenvalue weighted by atomic mass is 16.6. The number of nitrogens with zero attached hydrogens (tertiary/aromatic N) is 1. The average molecular weight is 341 g/mol. The molecule has 1 saturated carbocycles. The molecule has 0 aromatic heterocycles. The van der Waals surface area contributed by atoms with Crippen LogP contribution >= 0.6 is 0 Å². The molecule has 0 bridgehead atoms. The molecular weight excluding hydrogens is 314 g/mol. The molecule has 2 unspecified atom stereocenters. The molecule has 0 N–H and O–H groups in total. The minimum Gasteiger partial charge on any atom is -0.414 e. The predicted octanol–water partition coefficient (Wildman–Crippen LogP) is 4.41. The number of benzene rings is 1. The fraction of sp³-hybridized carbons (Fsp3) is 0.524. The van der Waals surface area contributed by atoms with Gasteiger partial charge in [0.1, 0.15) is 5.76 Å². The van der Waals surface area contributed by atoms with Crippen molar-refractivity contribution in [2.45, 2.75) is 46.5 Å². The summed E-state index contributed by atoms with van der Waals surface area (Å²) in [6, 6.07) is 4.19. The van der Waals surface area contributed by atoms with Crippen LogP contribution in [0.25, 0.3) is 5.57 Å². The van der Waals surface area contributed by atoms with Crippen LogP contribution in [-0.4, -0.2) is 30.9 Å². The van der Waals surface area contributed by atoms with Crippen molar-refractivity contribution in [3.63, 3.8) is 0 Å². The van der Waals surface area contributed by atoms with Gasteiger partial charge in [-0.3, -0.25) is 4.79 Å². The van der Waals surface area contributed by atoms with Gasteiger partial charge in [-0.05, 0) is 50.3 Å². The van der Waals surface area contributed by atoms with Gasteiger partial charge < -0.3 is 9.64 Å². The Morgan fingerprint density at radius 3 is 2.16 bits per heavy atom. The summed E-state index contributed by atoms with van der Waals surface area (Å²) < 4.78 is 5.77. The smallest absolute Gasteiger partial charge is 0.414 e. The van der Waals surface area contributed by atoms with E-state index in [1.165, 1.54) is 10.5 Å². The maximum absolute atomic E-state index is 13.2. The zero-order valence-electron chi connectivity index (χ0n) is 15.8. The third-order valence-corrected chi connectivity index (χ3v) is 5.42. The van der Waals surface area contributed by atoms with E-state index in [4.69, 9.17) is 4.74 Å². The fourth-order valence-electron chi connectivity index (χ4n) is 4.38. The number of hydrogen-bond donors (Lipinski definition) is 0. The zero-order chi connectivity index (χ0) is 18.3. The maximum atomic E-state index is 13.2. The topological polar surface area (TPSA) is 46.6 Å². The molecule has 1 aromatic rings. The van der Waals surface area contributed by atoms with E-state index in [1.54, 1.807) is 14.1 Å². The molecule has 2 atom stereocenters. The fourth-order valence-corrected chi connectivity index (χ4v) is 4.38. The summed E-state index contributed by atoms with van der Waals surface area (Å²) in [5.74, 6) is 0.763. The van der Waals surface area contributed by atoms with Crippen LogP contribution in [0.1, 0.15) is 47.9 Å². The summed E-state index contributed by atoms with van der Waals surface area (Å²) in [6.07, 6.45) is 3.55. The third-order valence-electron chi connectivity index (χ3n) is 5.42. The monoisotopic (exact) mass is 341 g/mol. The van der Waals surface area contributed by atoms with Gasteiger partial charge in [-0.1, -0.05) is 30.5 Å². The van der Waals surface area contributed by atoms with E-state index in [-0.39, 0.29) is 17.6 Å². The van der Waals surface area contributed by atoms with E-state index in [2.05, 4.69) is 19.1 Å². The van der Waals surface area contributed by atoms with Gasteiger partial charge in [-0.2, -0.15) is 0 Å². The number of Topliss-reactive ketones (excluding diaryl/α,β-unsaturated/α-hetero) is 1. The number of hydrogen-bond acceptors (Lipinski definition) is 3. The van der Waals surface area contributed by atoms with Crippen molar-refractivity contribution in [2.75, 3.05) is 14.1 Å². The number of fused-ring (bicyclic) bond motifs is 1. The quantitative estimate of drug-likeness (QED) is 0.800. The van der Waals surface area contributed by atoms with Crippen LogP contribution in [0.5, 0.6) is 0 Å². The van der Waals surface area contributed by atoms with Crippen LogP contribution in [0, 0.1) is 32.6 Å². The number of carbonyl (C=O) groups excluding carboxylic acids is 2. The van der Waals surface area contributed by atoms with E-state index < -0.39 is 6.09 Å². The van der Waals surface area contributed by atoms with E-state index in [1.807, 2.05) is 13.8 Å². The minimum absolute atomic E-state index is 0.0335. The summed E-state index contributed by atoms with van der Waals surface area (Å²) >= 11 is 0. The SMILES string of the molecule is Cc1cc(C)c(C2=C(OC(=O)N(C)C)C3CCCCC3C2=O)c(C)c1. The number of carbonyl (C=O) groups is 2. The first-order valence-corrected chi connectivity index (χ1v) is 9.07. The zero-order valence-corrected chi connectivity index (χ0v) is 15.8. The van der Waals surface area contributed by atoms with Gasteiger partial charge in [0.05, 0.1) is 5.57 Å². The lowest BCUT2D eigenvalue weighted by atomic mass is 9.80. The predicted molar refractivity (Wildman–Crippen MR) is 98.2 cm³/mol. The molecule has 2 aliphatic carbocycles. The Bertz CT molecular complexity index is 737. The van der Waals surface area contributed by atoms with Crippen molar-refractivity contribution < 1.29 is 14.3 Å². The van der Waals surface area contributed by atoms with Gasteiger partial charge in [0.2, 0.25) is 0 Å². The van der Waals surface area contributed by atoms with Crippen LogP contribution < -0.4 is 0 Å². The Labute approximate surface area is 149 Å². The lowest BCUT2D eigenvalue weighted by molar-refractivity contribution is -0.118. The summed E-state index contributed by atoms with van der Waals surface area (Å²) in [5.41, 5.74) is 4.90. The van der Waals surface area contributed by atoms with Crippen molar-refractivity contribution in [1.82, 2.24) is 4.90 Å². The van der Waals surface area contributed by atoms with Crippen molar-refractivity contribution >= 4 is 17.4 Å². The number of rotatable bonds is 2. The maximum Gasteiger partial charge on any atom is 0.414 e. The molecule has 0 saturated heterocycles. The molecule has 4 nitrogen and oxygen atoms in total. The van der Waals surface area contributed by atoms with Crippen molar-refractivity contribution in [2.24, 2.45) is 11.8 Å². The highest BCUT2D eigenvalue weighted by molar-refractivity contribution is 6.25. The van der Waals surface area contributed by atoms with Gasteiger partial charge in [0.25, 0.3) is 0 Å². The second-order valence-electron chi connectivity index (χ2n) is 7.64. The van der Waals surface area contributed by atoms with Gasteiger partial charge in [0, 0.05) is 25.9 Å². The van der Waals surface area contributed by atoms with Gasteiger partial charge in [-0.25, -0.2) is 4.79 Å². The lowest BCUT2D eigenvalue weighted by Crippen LogP contribution is -2.26. The molecule has 4 heteroatoms. The second-order valence-corrected chi connectivity index (χ2v) is 7.64. The van der Waals surface area contributed by atoms with Crippen molar-refractivity contribution in [3.8, 4) is 0 Å². The van der Waals surface area contributed by atoms with Crippen LogP contribution in [-0.2, 0) is 9.53 Å². The number of aryl methyl sites for hydroxylation is 3. The average Bonchev–Trinajstić information content (AvgIpc) is 2.80. The largest absolute Gasteiger partial charge is 0.414 e. The molecule has 0 aliphatic heterocycles. The molecule has 25 heavy (non-hydrogen) atoms. The number of amides is 1. The molecule has 134 valence electrons. The first-order valence-electron chi connectivity index (χ1n) is 9.07. The molecule has 1 fully saturated rings. The van der Waals surface area contributed by atoms with Gasteiger partial charge >= 0.3 is 6.09 Å². The normalized spacial score (nSPS) is 22.8. The minimum atomic E-state index is -0.408. The summed E-state index contributed by atoms with van der Waals surface area (Å²) in [6.45, 7) is 6.12. The Morgan fingerprint density at radius 2 is 1.60 bits per heavy atom. The highest BCUT2D eigenvalue weighted by Gasteiger charge is 2.46. The lowest BCUT2D eigenvalue weighted by Gasteiger charge is -2.26. The van der Waals surface area contributed by atoms with Crippen LogP contribution in [0.3, 0.4) is 0 Å². The molecule has 3 rings (SSSR count). The molecule has 2 aliphatic rings. The second kappa shape index (κ2) is 6.66. The summed E-state index contributed by atoms with van der Waals surface area (Å²) in [7, 11) is 3.33. The van der Waals surface area contributed by atoms with Gasteiger partial charge in [-0.15, -0.1) is 0 Å². The molecule has 1 aromatic carbocycles.